The smallest absolute Gasteiger partial charge is 0.257 e. The van der Waals surface area contributed by atoms with Crippen LogP contribution in [0.15, 0.2) is 36.8 Å². The zero-order chi connectivity index (χ0) is 21.6. The van der Waals surface area contributed by atoms with Crippen molar-refractivity contribution in [1.82, 2.24) is 14.3 Å². The number of nitrogens with zero attached hydrogens (tertiary/aromatic N) is 3. The van der Waals surface area contributed by atoms with E-state index in [9.17, 15) is 14.3 Å². The van der Waals surface area contributed by atoms with E-state index >= 15 is 0 Å². The van der Waals surface area contributed by atoms with E-state index in [4.69, 9.17) is 17.3 Å². The van der Waals surface area contributed by atoms with Crippen LogP contribution < -0.4 is 11.1 Å². The summed E-state index contributed by atoms with van der Waals surface area (Å²) in [6.07, 6.45) is 5.54. The molecule has 3 heterocycles. The van der Waals surface area contributed by atoms with E-state index in [0.29, 0.717) is 12.1 Å². The van der Waals surface area contributed by atoms with E-state index in [-0.39, 0.29) is 41.0 Å². The molecule has 1 fully saturated rings. The first-order valence-electron chi connectivity index (χ1n) is 9.71. The molecule has 0 bridgehead atoms. The topological polar surface area (TPSA) is 95.9 Å². The van der Waals surface area contributed by atoms with Gasteiger partial charge in [-0.15, -0.1) is 0 Å². The molecule has 1 saturated heterocycles. The zero-order valence-electron chi connectivity index (χ0n) is 16.7. The normalized spacial score (nSPS) is 16.4. The Kier molecular flexibility index (Phi) is 5.17. The van der Waals surface area contributed by atoms with Crippen molar-refractivity contribution in [1.29, 1.82) is 0 Å². The van der Waals surface area contributed by atoms with Crippen LogP contribution in [-0.2, 0) is 6.42 Å². The molecule has 7 nitrogen and oxygen atoms in total. The summed E-state index contributed by atoms with van der Waals surface area (Å²) in [5.74, 6) is -0.784. The van der Waals surface area contributed by atoms with E-state index in [2.05, 4.69) is 10.3 Å². The predicted octanol–water partition coefficient (Wildman–Crippen LogP) is 2.97. The number of hydrogen-bond donors (Lipinski definition) is 3. The Morgan fingerprint density at radius 3 is 2.83 bits per heavy atom. The van der Waals surface area contributed by atoms with Crippen molar-refractivity contribution in [3.05, 3.63) is 58.8 Å². The van der Waals surface area contributed by atoms with Gasteiger partial charge in [0.25, 0.3) is 5.91 Å². The number of nitrogens with one attached hydrogen (secondary N) is 1. The van der Waals surface area contributed by atoms with Crippen LogP contribution in [-0.4, -0.2) is 50.0 Å². The molecule has 9 heteroatoms. The standard InChI is InChI=1S/C21H23ClFN5O2/c1-3-13-4-5-16(15(23)8-13)26-18-14(9-27-7-6-25-19(27)17(18)22)20(29)28-10-21(30,11-28)12(2)24/h4-9,12,26,30H,3,10-11,24H2,1-2H3. The quantitative estimate of drug-likeness (QED) is 0.577. The van der Waals surface area contributed by atoms with Crippen LogP contribution in [0.1, 0.15) is 29.8 Å². The Morgan fingerprint density at radius 2 is 2.20 bits per heavy atom. The highest BCUT2D eigenvalue weighted by molar-refractivity contribution is 6.37. The minimum absolute atomic E-state index is 0.113. The van der Waals surface area contributed by atoms with Gasteiger partial charge in [0.15, 0.2) is 5.65 Å². The summed E-state index contributed by atoms with van der Waals surface area (Å²) in [6.45, 7) is 3.87. The lowest BCUT2D eigenvalue weighted by Crippen LogP contribution is -2.70. The molecule has 1 amide bonds. The van der Waals surface area contributed by atoms with E-state index in [1.165, 1.54) is 11.0 Å². The minimum Gasteiger partial charge on any atom is -0.385 e. The zero-order valence-corrected chi connectivity index (χ0v) is 17.4. The molecule has 0 spiro atoms. The number of hydrogen-bond acceptors (Lipinski definition) is 5. The number of aryl methyl sites for hydroxylation is 1. The van der Waals surface area contributed by atoms with Gasteiger partial charge >= 0.3 is 0 Å². The molecule has 1 atom stereocenters. The highest BCUT2D eigenvalue weighted by Crippen LogP contribution is 2.36. The molecule has 1 aromatic carbocycles. The molecule has 4 rings (SSSR count). The second-order valence-corrected chi connectivity index (χ2v) is 8.11. The third-order valence-electron chi connectivity index (χ3n) is 5.62. The molecule has 0 aliphatic carbocycles. The van der Waals surface area contributed by atoms with Gasteiger partial charge in [-0.05, 0) is 31.0 Å². The summed E-state index contributed by atoms with van der Waals surface area (Å²) in [4.78, 5) is 18.9. The highest BCUT2D eigenvalue weighted by atomic mass is 35.5. The Bertz CT molecular complexity index is 1120. The number of anilines is 2. The van der Waals surface area contributed by atoms with Crippen molar-refractivity contribution in [3.8, 4) is 0 Å². The second kappa shape index (κ2) is 7.54. The summed E-state index contributed by atoms with van der Waals surface area (Å²) in [5.41, 5.74) is 6.71. The molecule has 1 aliphatic rings. The van der Waals surface area contributed by atoms with E-state index in [1.54, 1.807) is 36.0 Å². The van der Waals surface area contributed by atoms with Crippen LogP contribution in [0, 0.1) is 5.82 Å². The highest BCUT2D eigenvalue weighted by Gasteiger charge is 2.47. The molecule has 2 aromatic heterocycles. The number of fused-ring (bicyclic) bond motifs is 1. The summed E-state index contributed by atoms with van der Waals surface area (Å²) in [5, 5.41) is 13.6. The van der Waals surface area contributed by atoms with Crippen LogP contribution in [0.5, 0.6) is 0 Å². The fraction of sp³-hybridized carbons (Fsp3) is 0.333. The number of carbonyl (C=O) groups is 1. The first kappa shape index (κ1) is 20.6. The number of β-amino-alcohol motifs (C(OH)–C–C–N with tert-alkyl or cyclic N) is 1. The van der Waals surface area contributed by atoms with Gasteiger partial charge in [0.2, 0.25) is 0 Å². The van der Waals surface area contributed by atoms with Crippen molar-refractivity contribution < 1.29 is 14.3 Å². The van der Waals surface area contributed by atoms with Crippen molar-refractivity contribution >= 4 is 34.5 Å². The number of carbonyl (C=O) groups excluding carboxylic acids is 1. The molecule has 1 aliphatic heterocycles. The van der Waals surface area contributed by atoms with E-state index < -0.39 is 17.5 Å². The number of benzene rings is 1. The number of pyridine rings is 1. The molecule has 30 heavy (non-hydrogen) atoms. The molecular weight excluding hydrogens is 409 g/mol. The Labute approximate surface area is 178 Å². The number of imidazole rings is 1. The van der Waals surface area contributed by atoms with Gasteiger partial charge in [-0.3, -0.25) is 4.79 Å². The van der Waals surface area contributed by atoms with Gasteiger partial charge in [-0.2, -0.15) is 0 Å². The lowest BCUT2D eigenvalue weighted by Gasteiger charge is -2.48. The van der Waals surface area contributed by atoms with Gasteiger partial charge in [-0.25, -0.2) is 9.37 Å². The summed E-state index contributed by atoms with van der Waals surface area (Å²) >= 11 is 6.56. The summed E-state index contributed by atoms with van der Waals surface area (Å²) in [7, 11) is 0. The Morgan fingerprint density at radius 1 is 1.47 bits per heavy atom. The van der Waals surface area contributed by atoms with Gasteiger partial charge in [0.05, 0.1) is 30.0 Å². The van der Waals surface area contributed by atoms with E-state index in [1.807, 2.05) is 13.0 Å². The number of aliphatic hydroxyl groups is 1. The predicted molar refractivity (Wildman–Crippen MR) is 114 cm³/mol. The maximum absolute atomic E-state index is 14.6. The summed E-state index contributed by atoms with van der Waals surface area (Å²) < 4.78 is 16.2. The fourth-order valence-electron chi connectivity index (χ4n) is 3.54. The molecule has 1 unspecified atom stereocenters. The Hall–Kier alpha value is -2.68. The number of aromatic nitrogens is 2. The monoisotopic (exact) mass is 431 g/mol. The first-order chi connectivity index (χ1) is 14.2. The van der Waals surface area contributed by atoms with Crippen LogP contribution in [0.25, 0.3) is 5.65 Å². The third-order valence-corrected chi connectivity index (χ3v) is 5.98. The average Bonchev–Trinajstić information content (AvgIpc) is 3.16. The van der Waals surface area contributed by atoms with Gasteiger partial charge < -0.3 is 25.5 Å². The molecular formula is C21H23ClFN5O2. The fourth-order valence-corrected chi connectivity index (χ4v) is 3.83. The number of halogens is 2. The largest absolute Gasteiger partial charge is 0.385 e. The molecule has 158 valence electrons. The lowest BCUT2D eigenvalue weighted by atomic mass is 9.87. The van der Waals surface area contributed by atoms with Crippen molar-refractivity contribution in [3.63, 3.8) is 0 Å². The van der Waals surface area contributed by atoms with Crippen LogP contribution in [0.4, 0.5) is 15.8 Å². The number of nitrogens with two attached hydrogens (primary N) is 1. The number of likely N-dealkylation sites (tertiary alicyclic amines) is 1. The maximum atomic E-state index is 14.6. The molecule has 3 aromatic rings. The van der Waals surface area contributed by atoms with Crippen molar-refractivity contribution in [2.75, 3.05) is 18.4 Å². The summed E-state index contributed by atoms with van der Waals surface area (Å²) in [6, 6.07) is 4.41. The average molecular weight is 432 g/mol. The van der Waals surface area contributed by atoms with Gasteiger partial charge in [-0.1, -0.05) is 24.6 Å². The second-order valence-electron chi connectivity index (χ2n) is 7.74. The minimum atomic E-state index is -1.12. The Balaban J connectivity index is 1.73. The van der Waals surface area contributed by atoms with Crippen LogP contribution in [0.3, 0.4) is 0 Å². The molecule has 4 N–H and O–H groups in total. The lowest BCUT2D eigenvalue weighted by molar-refractivity contribution is -0.0931. The van der Waals surface area contributed by atoms with Crippen molar-refractivity contribution in [2.24, 2.45) is 5.73 Å². The van der Waals surface area contributed by atoms with E-state index in [0.717, 1.165) is 5.56 Å². The molecule has 0 radical (unpaired) electrons. The SMILES string of the molecule is CCc1ccc(Nc2c(C(=O)N3CC(O)(C(C)N)C3)cn3ccnc3c2Cl)c(F)c1. The van der Waals surface area contributed by atoms with Crippen molar-refractivity contribution in [2.45, 2.75) is 31.9 Å². The van der Waals surface area contributed by atoms with Gasteiger partial charge in [0.1, 0.15) is 16.4 Å². The molecule has 0 saturated carbocycles. The van der Waals surface area contributed by atoms with Crippen LogP contribution >= 0.6 is 11.6 Å². The third kappa shape index (κ3) is 3.40. The maximum Gasteiger partial charge on any atom is 0.257 e. The van der Waals surface area contributed by atoms with Gasteiger partial charge in [0, 0.05) is 24.6 Å². The first-order valence-corrected chi connectivity index (χ1v) is 10.1. The number of rotatable bonds is 5. The number of amides is 1. The van der Waals surface area contributed by atoms with Crippen LogP contribution in [0.2, 0.25) is 5.02 Å².